The minimum Gasteiger partial charge on any atom is -0.390 e. The van der Waals surface area contributed by atoms with Crippen LogP contribution in [0.1, 0.15) is 34.6 Å². The Morgan fingerprint density at radius 3 is 2.14 bits per heavy atom. The lowest BCUT2D eigenvalue weighted by Crippen LogP contribution is -2.43. The van der Waals surface area contributed by atoms with Gasteiger partial charge in [0.1, 0.15) is 5.60 Å². The molecule has 4 heteroatoms. The molecule has 0 radical (unpaired) electrons. The van der Waals surface area contributed by atoms with Crippen LogP contribution in [0, 0.1) is 5.92 Å². The Balaban J connectivity index is 4.13. The Labute approximate surface area is 85.4 Å². The number of hydrogen-bond acceptors (Lipinski definition) is 3. The predicted octanol–water partition coefficient (Wildman–Crippen LogP) is 0.674. The fourth-order valence-corrected chi connectivity index (χ4v) is 0.608. The van der Waals surface area contributed by atoms with Crippen LogP contribution in [0.25, 0.3) is 0 Å². The van der Waals surface area contributed by atoms with E-state index in [4.69, 9.17) is 10.5 Å². The van der Waals surface area contributed by atoms with E-state index in [9.17, 15) is 9.90 Å². The number of carbonyl (C=O) groups is 1. The van der Waals surface area contributed by atoms with Gasteiger partial charge in [0.25, 0.3) is 0 Å². The molecule has 0 fully saturated rings. The first-order valence-electron chi connectivity index (χ1n) is 4.73. The van der Waals surface area contributed by atoms with Crippen LogP contribution in [0.5, 0.6) is 0 Å². The number of hydrogen-bond donors (Lipinski definition) is 2. The number of ether oxygens (including phenoxy) is 1. The molecular formula is C10H21NO3. The van der Waals surface area contributed by atoms with E-state index in [0.717, 1.165) is 0 Å². The summed E-state index contributed by atoms with van der Waals surface area (Å²) in [6.45, 7) is 8.81. The van der Waals surface area contributed by atoms with E-state index in [-0.39, 0.29) is 5.92 Å². The topological polar surface area (TPSA) is 72.5 Å². The Morgan fingerprint density at radius 2 is 1.86 bits per heavy atom. The van der Waals surface area contributed by atoms with Gasteiger partial charge in [-0.2, -0.15) is 0 Å². The van der Waals surface area contributed by atoms with E-state index in [1.54, 1.807) is 27.7 Å². The van der Waals surface area contributed by atoms with Crippen LogP contribution in [0.2, 0.25) is 0 Å². The predicted molar refractivity (Wildman–Crippen MR) is 54.7 cm³/mol. The zero-order valence-corrected chi connectivity index (χ0v) is 9.63. The maximum atomic E-state index is 10.9. The van der Waals surface area contributed by atoms with Crippen molar-refractivity contribution in [2.75, 3.05) is 6.61 Å². The molecule has 3 N–H and O–H groups in total. The summed E-state index contributed by atoms with van der Waals surface area (Å²) >= 11 is 0. The highest BCUT2D eigenvalue weighted by Gasteiger charge is 2.29. The molecule has 0 aliphatic heterocycles. The molecule has 0 spiro atoms. The molecule has 1 atom stereocenters. The molecule has 1 amide bonds. The molecule has 0 saturated carbocycles. The molecule has 0 heterocycles. The molecule has 0 aliphatic rings. The zero-order valence-electron chi connectivity index (χ0n) is 9.63. The van der Waals surface area contributed by atoms with Crippen molar-refractivity contribution in [2.24, 2.45) is 11.7 Å². The summed E-state index contributed by atoms with van der Waals surface area (Å²) in [6, 6.07) is 0. The maximum absolute atomic E-state index is 10.9. The maximum Gasteiger partial charge on any atom is 0.249 e. The number of carbonyl (C=O) groups excluding carboxylic acids is 1. The van der Waals surface area contributed by atoms with Crippen LogP contribution in [-0.2, 0) is 9.53 Å². The van der Waals surface area contributed by atoms with Crippen molar-refractivity contribution >= 4 is 5.91 Å². The molecule has 0 bridgehead atoms. The minimum atomic E-state index is -0.973. The lowest BCUT2D eigenvalue weighted by Gasteiger charge is -2.29. The number of aliphatic hydroxyl groups is 1. The Kier molecular flexibility index (Phi) is 4.09. The van der Waals surface area contributed by atoms with Crippen LogP contribution in [-0.4, -0.2) is 28.8 Å². The molecule has 0 aromatic carbocycles. The summed E-state index contributed by atoms with van der Waals surface area (Å²) in [5.74, 6) is -0.554. The van der Waals surface area contributed by atoms with Crippen LogP contribution in [0.4, 0.5) is 0 Å². The average molecular weight is 203 g/mol. The molecule has 0 aliphatic carbocycles. The highest BCUT2D eigenvalue weighted by atomic mass is 16.5. The van der Waals surface area contributed by atoms with Crippen molar-refractivity contribution in [1.82, 2.24) is 0 Å². The molecule has 1 unspecified atom stereocenters. The fourth-order valence-electron chi connectivity index (χ4n) is 0.608. The van der Waals surface area contributed by atoms with Crippen molar-refractivity contribution in [3.63, 3.8) is 0 Å². The summed E-state index contributed by atoms with van der Waals surface area (Å²) in [5.41, 5.74) is 3.35. The first-order chi connectivity index (χ1) is 6.07. The van der Waals surface area contributed by atoms with Gasteiger partial charge in [-0.1, -0.05) is 6.92 Å². The largest absolute Gasteiger partial charge is 0.390 e. The summed E-state index contributed by atoms with van der Waals surface area (Å²) in [5, 5.41) is 9.63. The summed E-state index contributed by atoms with van der Waals surface area (Å²) in [7, 11) is 0. The lowest BCUT2D eigenvalue weighted by molar-refractivity contribution is -0.144. The van der Waals surface area contributed by atoms with Crippen molar-refractivity contribution in [2.45, 2.75) is 45.8 Å². The average Bonchev–Trinajstić information content (AvgIpc) is 1.98. The number of primary amides is 1. The molecule has 0 aromatic rings. The third-order valence-electron chi connectivity index (χ3n) is 2.49. The molecule has 0 rings (SSSR count). The van der Waals surface area contributed by atoms with Crippen LogP contribution in [0.3, 0.4) is 0 Å². The number of amides is 1. The highest BCUT2D eigenvalue weighted by Crippen LogP contribution is 2.18. The normalized spacial score (nSPS) is 15.3. The van der Waals surface area contributed by atoms with Gasteiger partial charge < -0.3 is 15.6 Å². The van der Waals surface area contributed by atoms with Crippen molar-refractivity contribution in [1.29, 1.82) is 0 Å². The summed E-state index contributed by atoms with van der Waals surface area (Å²) in [4.78, 5) is 10.9. The van der Waals surface area contributed by atoms with E-state index in [2.05, 4.69) is 0 Å². The second-order valence-electron chi connectivity index (χ2n) is 4.74. The Bertz CT molecular complexity index is 206. The van der Waals surface area contributed by atoms with Gasteiger partial charge in [0.05, 0.1) is 12.2 Å². The zero-order chi connectivity index (χ0) is 11.6. The SMILES string of the molecule is CC(COC(C)(C)C(N)=O)C(C)(C)O. The first-order valence-corrected chi connectivity index (χ1v) is 4.73. The van der Waals surface area contributed by atoms with E-state index < -0.39 is 17.1 Å². The number of rotatable bonds is 5. The van der Waals surface area contributed by atoms with Crippen molar-refractivity contribution < 1.29 is 14.6 Å². The van der Waals surface area contributed by atoms with Gasteiger partial charge in [-0.25, -0.2) is 0 Å². The first kappa shape index (κ1) is 13.4. The summed E-state index contributed by atoms with van der Waals surface area (Å²) in [6.07, 6.45) is 0. The smallest absolute Gasteiger partial charge is 0.249 e. The molecule has 14 heavy (non-hydrogen) atoms. The molecular weight excluding hydrogens is 182 g/mol. The highest BCUT2D eigenvalue weighted by molar-refractivity contribution is 5.82. The fraction of sp³-hybridized carbons (Fsp3) is 0.900. The Morgan fingerprint density at radius 1 is 1.43 bits per heavy atom. The third-order valence-corrected chi connectivity index (χ3v) is 2.49. The van der Waals surface area contributed by atoms with Gasteiger partial charge in [0.2, 0.25) is 5.91 Å². The molecule has 0 saturated heterocycles. The molecule has 0 aromatic heterocycles. The molecule has 84 valence electrons. The monoisotopic (exact) mass is 203 g/mol. The van der Waals surface area contributed by atoms with Crippen molar-refractivity contribution in [3.05, 3.63) is 0 Å². The minimum absolute atomic E-state index is 0.0545. The van der Waals surface area contributed by atoms with Gasteiger partial charge >= 0.3 is 0 Å². The van der Waals surface area contributed by atoms with Gasteiger partial charge in [-0.3, -0.25) is 4.79 Å². The van der Waals surface area contributed by atoms with Gasteiger partial charge in [0.15, 0.2) is 0 Å². The van der Waals surface area contributed by atoms with Crippen molar-refractivity contribution in [3.8, 4) is 0 Å². The van der Waals surface area contributed by atoms with Gasteiger partial charge in [-0.05, 0) is 27.7 Å². The molecule has 4 nitrogen and oxygen atoms in total. The quantitative estimate of drug-likeness (QED) is 0.690. The van der Waals surface area contributed by atoms with E-state index in [0.29, 0.717) is 6.61 Å². The summed E-state index contributed by atoms with van der Waals surface area (Å²) < 4.78 is 5.34. The van der Waals surface area contributed by atoms with Gasteiger partial charge in [-0.15, -0.1) is 0 Å². The Hall–Kier alpha value is -0.610. The lowest BCUT2D eigenvalue weighted by atomic mass is 9.93. The second kappa shape index (κ2) is 4.28. The standard InChI is InChI=1S/C10H21NO3/c1-7(9(2,3)13)6-14-10(4,5)8(11)12/h7,13H,6H2,1-5H3,(H2,11,12). The van der Waals surface area contributed by atoms with E-state index >= 15 is 0 Å². The van der Waals surface area contributed by atoms with Crippen LogP contribution < -0.4 is 5.73 Å². The van der Waals surface area contributed by atoms with Gasteiger partial charge in [0, 0.05) is 5.92 Å². The second-order valence-corrected chi connectivity index (χ2v) is 4.74. The van der Waals surface area contributed by atoms with E-state index in [1.807, 2.05) is 6.92 Å². The third kappa shape index (κ3) is 4.07. The van der Waals surface area contributed by atoms with E-state index in [1.165, 1.54) is 0 Å². The van der Waals surface area contributed by atoms with Crippen LogP contribution >= 0.6 is 0 Å². The van der Waals surface area contributed by atoms with Crippen LogP contribution in [0.15, 0.2) is 0 Å². The number of nitrogens with two attached hydrogens (primary N) is 1.